The minimum Gasteiger partial charge on any atom is -0.396 e. The van der Waals surface area contributed by atoms with Crippen LogP contribution in [-0.2, 0) is 6.54 Å². The van der Waals surface area contributed by atoms with Gasteiger partial charge in [-0.3, -0.25) is 0 Å². The SMILES string of the molecule is CC(CO)Cn1cccc1. The molecule has 0 radical (unpaired) electrons. The molecule has 1 aromatic heterocycles. The number of rotatable bonds is 3. The van der Waals surface area contributed by atoms with Gasteiger partial charge in [0, 0.05) is 25.5 Å². The molecule has 0 saturated heterocycles. The molecule has 10 heavy (non-hydrogen) atoms. The fourth-order valence-corrected chi connectivity index (χ4v) is 0.910. The summed E-state index contributed by atoms with van der Waals surface area (Å²) in [4.78, 5) is 0. The van der Waals surface area contributed by atoms with Crippen LogP contribution in [0.3, 0.4) is 0 Å². The minimum absolute atomic E-state index is 0.262. The van der Waals surface area contributed by atoms with Gasteiger partial charge in [-0.25, -0.2) is 0 Å². The van der Waals surface area contributed by atoms with Crippen LogP contribution >= 0.6 is 0 Å². The first kappa shape index (κ1) is 7.35. The van der Waals surface area contributed by atoms with Crippen LogP contribution in [0, 0.1) is 5.92 Å². The molecule has 0 spiro atoms. The van der Waals surface area contributed by atoms with Crippen molar-refractivity contribution in [1.29, 1.82) is 0 Å². The van der Waals surface area contributed by atoms with Crippen LogP contribution in [0.15, 0.2) is 24.5 Å². The predicted molar refractivity (Wildman–Crippen MR) is 40.7 cm³/mol. The molecule has 0 bridgehead atoms. The summed E-state index contributed by atoms with van der Waals surface area (Å²) in [5, 5.41) is 8.72. The zero-order valence-electron chi connectivity index (χ0n) is 6.20. The van der Waals surface area contributed by atoms with Crippen molar-refractivity contribution < 1.29 is 5.11 Å². The van der Waals surface area contributed by atoms with Crippen molar-refractivity contribution in [2.75, 3.05) is 6.61 Å². The van der Waals surface area contributed by atoms with Gasteiger partial charge in [0.15, 0.2) is 0 Å². The quantitative estimate of drug-likeness (QED) is 0.667. The van der Waals surface area contributed by atoms with Gasteiger partial charge in [-0.2, -0.15) is 0 Å². The molecular weight excluding hydrogens is 126 g/mol. The molecule has 1 aromatic rings. The number of aliphatic hydroxyl groups excluding tert-OH is 1. The summed E-state index contributed by atoms with van der Waals surface area (Å²) in [5.41, 5.74) is 0. The van der Waals surface area contributed by atoms with Gasteiger partial charge in [0.25, 0.3) is 0 Å². The molecule has 0 aromatic carbocycles. The summed E-state index contributed by atoms with van der Waals surface area (Å²) in [5.74, 6) is 0.354. The lowest BCUT2D eigenvalue weighted by Crippen LogP contribution is -2.09. The molecule has 1 unspecified atom stereocenters. The molecule has 0 aliphatic heterocycles. The summed E-state index contributed by atoms with van der Waals surface area (Å²) in [6.45, 7) is 3.20. The highest BCUT2D eigenvalue weighted by molar-refractivity contribution is 4.90. The van der Waals surface area contributed by atoms with Crippen LogP contribution in [0.2, 0.25) is 0 Å². The van der Waals surface area contributed by atoms with E-state index in [2.05, 4.69) is 4.57 Å². The fourth-order valence-electron chi connectivity index (χ4n) is 0.910. The lowest BCUT2D eigenvalue weighted by Gasteiger charge is -2.07. The second-order valence-corrected chi connectivity index (χ2v) is 2.67. The zero-order chi connectivity index (χ0) is 7.40. The Kier molecular flexibility index (Phi) is 2.51. The third kappa shape index (κ3) is 1.88. The highest BCUT2D eigenvalue weighted by Gasteiger charge is 1.98. The summed E-state index contributed by atoms with van der Waals surface area (Å²) in [7, 11) is 0. The van der Waals surface area contributed by atoms with E-state index in [4.69, 9.17) is 5.11 Å². The molecule has 0 amide bonds. The number of hydrogen-bond acceptors (Lipinski definition) is 1. The normalized spacial score (nSPS) is 13.4. The fraction of sp³-hybridized carbons (Fsp3) is 0.500. The average Bonchev–Trinajstić information content (AvgIpc) is 2.40. The maximum atomic E-state index is 8.72. The summed E-state index contributed by atoms with van der Waals surface area (Å²) in [6, 6.07) is 3.98. The Morgan fingerprint density at radius 2 is 2.00 bits per heavy atom. The Morgan fingerprint density at radius 3 is 2.50 bits per heavy atom. The topological polar surface area (TPSA) is 25.2 Å². The third-order valence-corrected chi connectivity index (χ3v) is 1.50. The number of nitrogens with zero attached hydrogens (tertiary/aromatic N) is 1. The second-order valence-electron chi connectivity index (χ2n) is 2.67. The van der Waals surface area contributed by atoms with E-state index in [0.717, 1.165) is 6.54 Å². The summed E-state index contributed by atoms with van der Waals surface area (Å²) in [6.07, 6.45) is 4.01. The van der Waals surface area contributed by atoms with E-state index in [1.807, 2.05) is 31.5 Å². The van der Waals surface area contributed by atoms with Crippen molar-refractivity contribution in [3.63, 3.8) is 0 Å². The molecule has 1 rings (SSSR count). The maximum Gasteiger partial charge on any atom is 0.0473 e. The van der Waals surface area contributed by atoms with Gasteiger partial charge in [0.1, 0.15) is 0 Å². The molecule has 0 saturated carbocycles. The molecule has 0 aliphatic carbocycles. The lowest BCUT2D eigenvalue weighted by molar-refractivity contribution is 0.223. The number of hydrogen-bond donors (Lipinski definition) is 1. The molecule has 1 N–H and O–H groups in total. The minimum atomic E-state index is 0.262. The highest BCUT2D eigenvalue weighted by atomic mass is 16.3. The van der Waals surface area contributed by atoms with Gasteiger partial charge in [0.2, 0.25) is 0 Å². The van der Waals surface area contributed by atoms with Crippen LogP contribution in [0.25, 0.3) is 0 Å². The van der Waals surface area contributed by atoms with Gasteiger partial charge in [-0.1, -0.05) is 6.92 Å². The molecule has 1 atom stereocenters. The number of aromatic nitrogens is 1. The first-order chi connectivity index (χ1) is 4.83. The van der Waals surface area contributed by atoms with Crippen LogP contribution in [-0.4, -0.2) is 16.3 Å². The second kappa shape index (κ2) is 3.42. The van der Waals surface area contributed by atoms with E-state index in [-0.39, 0.29) is 6.61 Å². The molecule has 2 heteroatoms. The smallest absolute Gasteiger partial charge is 0.0473 e. The van der Waals surface area contributed by atoms with Crippen LogP contribution in [0.5, 0.6) is 0 Å². The third-order valence-electron chi connectivity index (χ3n) is 1.50. The van der Waals surface area contributed by atoms with Crippen molar-refractivity contribution in [3.8, 4) is 0 Å². The van der Waals surface area contributed by atoms with Crippen LogP contribution < -0.4 is 0 Å². The van der Waals surface area contributed by atoms with E-state index < -0.39 is 0 Å². The molecule has 56 valence electrons. The summed E-state index contributed by atoms with van der Waals surface area (Å²) < 4.78 is 2.07. The Morgan fingerprint density at radius 1 is 1.40 bits per heavy atom. The van der Waals surface area contributed by atoms with E-state index in [1.54, 1.807) is 0 Å². The molecule has 0 aliphatic rings. The van der Waals surface area contributed by atoms with Crippen molar-refractivity contribution in [2.45, 2.75) is 13.5 Å². The van der Waals surface area contributed by atoms with Gasteiger partial charge in [0.05, 0.1) is 0 Å². The molecule has 1 heterocycles. The largest absolute Gasteiger partial charge is 0.396 e. The van der Waals surface area contributed by atoms with Crippen molar-refractivity contribution in [1.82, 2.24) is 4.57 Å². The highest BCUT2D eigenvalue weighted by Crippen LogP contribution is 1.99. The maximum absolute atomic E-state index is 8.72. The molecular formula is C8H13NO. The van der Waals surface area contributed by atoms with Crippen molar-refractivity contribution in [2.24, 2.45) is 5.92 Å². The van der Waals surface area contributed by atoms with E-state index in [0.29, 0.717) is 5.92 Å². The van der Waals surface area contributed by atoms with Crippen molar-refractivity contribution in [3.05, 3.63) is 24.5 Å². The number of aliphatic hydroxyl groups is 1. The van der Waals surface area contributed by atoms with E-state index in [1.165, 1.54) is 0 Å². The molecule has 2 nitrogen and oxygen atoms in total. The van der Waals surface area contributed by atoms with E-state index in [9.17, 15) is 0 Å². The average molecular weight is 139 g/mol. The van der Waals surface area contributed by atoms with Crippen LogP contribution in [0.4, 0.5) is 0 Å². The van der Waals surface area contributed by atoms with Crippen LogP contribution in [0.1, 0.15) is 6.92 Å². The first-order valence-electron chi connectivity index (χ1n) is 3.54. The molecule has 0 fully saturated rings. The lowest BCUT2D eigenvalue weighted by atomic mass is 10.2. The van der Waals surface area contributed by atoms with Gasteiger partial charge in [-0.15, -0.1) is 0 Å². The first-order valence-corrected chi connectivity index (χ1v) is 3.54. The standard InChI is InChI=1S/C8H13NO/c1-8(7-10)6-9-4-2-3-5-9/h2-5,8,10H,6-7H2,1H3. The zero-order valence-corrected chi connectivity index (χ0v) is 6.20. The Labute approximate surface area is 61.1 Å². The van der Waals surface area contributed by atoms with Gasteiger partial charge >= 0.3 is 0 Å². The Balaban J connectivity index is 2.40. The van der Waals surface area contributed by atoms with Gasteiger partial charge in [-0.05, 0) is 18.1 Å². The summed E-state index contributed by atoms with van der Waals surface area (Å²) >= 11 is 0. The Hall–Kier alpha value is -0.760. The van der Waals surface area contributed by atoms with E-state index >= 15 is 0 Å². The van der Waals surface area contributed by atoms with Gasteiger partial charge < -0.3 is 9.67 Å². The monoisotopic (exact) mass is 139 g/mol. The predicted octanol–water partition coefficient (Wildman–Crippen LogP) is 1.12. The Bertz CT molecular complexity index is 169. The van der Waals surface area contributed by atoms with Crippen molar-refractivity contribution >= 4 is 0 Å².